The molecule has 0 rings (SSSR count). The molecule has 5 heteroatoms. The van der Waals surface area contributed by atoms with Crippen LogP contribution in [0.3, 0.4) is 0 Å². The highest BCUT2D eigenvalue weighted by Gasteiger charge is 2.26. The molecule has 2 N–H and O–H groups in total. The Morgan fingerprint density at radius 1 is 1.00 bits per heavy atom. The van der Waals surface area contributed by atoms with Crippen molar-refractivity contribution in [2.75, 3.05) is 13.2 Å². The number of sulfone groups is 1. The summed E-state index contributed by atoms with van der Waals surface area (Å²) < 4.78 is 23.2. The molecule has 4 nitrogen and oxygen atoms in total. The van der Waals surface area contributed by atoms with Gasteiger partial charge in [-0.05, 0) is 26.7 Å². The van der Waals surface area contributed by atoms with E-state index in [1.807, 2.05) is 0 Å². The zero-order chi connectivity index (χ0) is 10.5. The molecule has 0 spiro atoms. The van der Waals surface area contributed by atoms with Crippen molar-refractivity contribution in [2.45, 2.75) is 37.2 Å². The lowest BCUT2D eigenvalue weighted by Gasteiger charge is -2.16. The smallest absolute Gasteiger partial charge is 0.155 e. The first-order valence-corrected chi connectivity index (χ1v) is 6.02. The first-order valence-electron chi connectivity index (χ1n) is 4.41. The van der Waals surface area contributed by atoms with Crippen LogP contribution in [-0.2, 0) is 9.84 Å². The fraction of sp³-hybridized carbons (Fsp3) is 1.00. The molecule has 0 aromatic rings. The van der Waals surface area contributed by atoms with Gasteiger partial charge in [0.15, 0.2) is 9.84 Å². The summed E-state index contributed by atoms with van der Waals surface area (Å²) in [4.78, 5) is 0. The van der Waals surface area contributed by atoms with Crippen molar-refractivity contribution in [3.8, 4) is 0 Å². The molecule has 2 unspecified atom stereocenters. The van der Waals surface area contributed by atoms with Gasteiger partial charge in [-0.3, -0.25) is 0 Å². The maximum atomic E-state index is 11.6. The van der Waals surface area contributed by atoms with E-state index in [1.54, 1.807) is 13.8 Å². The second kappa shape index (κ2) is 5.57. The summed E-state index contributed by atoms with van der Waals surface area (Å²) >= 11 is 0. The van der Waals surface area contributed by atoms with Crippen molar-refractivity contribution in [2.24, 2.45) is 0 Å². The highest BCUT2D eigenvalue weighted by molar-refractivity contribution is 7.92. The maximum absolute atomic E-state index is 11.6. The van der Waals surface area contributed by atoms with Crippen molar-refractivity contribution in [3.63, 3.8) is 0 Å². The molecule has 0 radical (unpaired) electrons. The highest BCUT2D eigenvalue weighted by atomic mass is 32.2. The lowest BCUT2D eigenvalue weighted by atomic mass is 10.3. The van der Waals surface area contributed by atoms with Gasteiger partial charge in [0.1, 0.15) is 0 Å². The normalized spacial score (nSPS) is 16.9. The Kier molecular flexibility index (Phi) is 5.51. The van der Waals surface area contributed by atoms with E-state index >= 15 is 0 Å². The van der Waals surface area contributed by atoms with Crippen LogP contribution >= 0.6 is 0 Å². The van der Waals surface area contributed by atoms with Gasteiger partial charge in [0.25, 0.3) is 0 Å². The van der Waals surface area contributed by atoms with E-state index in [-0.39, 0.29) is 26.1 Å². The standard InChI is InChI=1S/C8H18O4S/c1-7(3-5-9)13(11,12)8(2)4-6-10/h7-10H,3-6H2,1-2H3. The van der Waals surface area contributed by atoms with Crippen LogP contribution in [0.25, 0.3) is 0 Å². The van der Waals surface area contributed by atoms with Gasteiger partial charge in [0.2, 0.25) is 0 Å². The van der Waals surface area contributed by atoms with Crippen molar-refractivity contribution >= 4 is 9.84 Å². The third-order valence-corrected chi connectivity index (χ3v) is 4.91. The third kappa shape index (κ3) is 3.62. The number of hydrogen-bond donors (Lipinski definition) is 2. The van der Waals surface area contributed by atoms with E-state index in [1.165, 1.54) is 0 Å². The topological polar surface area (TPSA) is 74.6 Å². The maximum Gasteiger partial charge on any atom is 0.155 e. The molecule has 0 saturated carbocycles. The second-order valence-corrected chi connectivity index (χ2v) is 6.02. The number of rotatable bonds is 6. The lowest BCUT2D eigenvalue weighted by Crippen LogP contribution is -2.29. The predicted octanol–water partition coefficient (Wildman–Crippen LogP) is -0.0570. The molecule has 0 aromatic heterocycles. The average Bonchev–Trinajstić information content (AvgIpc) is 2.05. The molecule has 0 aromatic carbocycles. The van der Waals surface area contributed by atoms with Crippen molar-refractivity contribution < 1.29 is 18.6 Å². The SMILES string of the molecule is CC(CCO)S(=O)(=O)C(C)CCO. The Morgan fingerprint density at radius 2 is 1.31 bits per heavy atom. The summed E-state index contributed by atoms with van der Waals surface area (Å²) in [6.45, 7) is 2.93. The first kappa shape index (κ1) is 12.9. The zero-order valence-corrected chi connectivity index (χ0v) is 8.92. The van der Waals surface area contributed by atoms with Crippen LogP contribution in [0.4, 0.5) is 0 Å². The molecule has 0 fully saturated rings. The molecule has 80 valence electrons. The van der Waals surface area contributed by atoms with Crippen LogP contribution in [0.15, 0.2) is 0 Å². The van der Waals surface area contributed by atoms with Crippen LogP contribution in [0.2, 0.25) is 0 Å². The minimum atomic E-state index is -3.18. The minimum absolute atomic E-state index is 0.119. The van der Waals surface area contributed by atoms with Crippen molar-refractivity contribution in [3.05, 3.63) is 0 Å². The summed E-state index contributed by atoms with van der Waals surface area (Å²) in [7, 11) is -3.18. The summed E-state index contributed by atoms with van der Waals surface area (Å²) in [5.74, 6) is 0. The first-order chi connectivity index (χ1) is 5.96. The molecule has 0 saturated heterocycles. The highest BCUT2D eigenvalue weighted by Crippen LogP contribution is 2.14. The number of aliphatic hydroxyl groups excluding tert-OH is 2. The lowest BCUT2D eigenvalue weighted by molar-refractivity contribution is 0.282. The fourth-order valence-electron chi connectivity index (χ4n) is 1.09. The van der Waals surface area contributed by atoms with E-state index in [0.29, 0.717) is 0 Å². The average molecular weight is 210 g/mol. The summed E-state index contributed by atoms with van der Waals surface area (Å²) in [6, 6.07) is 0. The van der Waals surface area contributed by atoms with E-state index in [2.05, 4.69) is 0 Å². The molecule has 0 amide bonds. The Labute approximate surface area is 79.5 Å². The molecular formula is C8H18O4S. The number of hydrogen-bond acceptors (Lipinski definition) is 4. The predicted molar refractivity (Wildman–Crippen MR) is 51.2 cm³/mol. The molecule has 0 bridgehead atoms. The summed E-state index contributed by atoms with van der Waals surface area (Å²) in [5, 5.41) is 16.1. The molecule has 0 heterocycles. The van der Waals surface area contributed by atoms with Gasteiger partial charge in [-0.15, -0.1) is 0 Å². The van der Waals surface area contributed by atoms with E-state index < -0.39 is 20.3 Å². The van der Waals surface area contributed by atoms with Gasteiger partial charge < -0.3 is 10.2 Å². The molecule has 0 aliphatic rings. The molecule has 0 aliphatic carbocycles. The second-order valence-electron chi connectivity index (χ2n) is 3.23. The third-order valence-electron chi connectivity index (χ3n) is 2.19. The number of aliphatic hydroxyl groups is 2. The summed E-state index contributed by atoms with van der Waals surface area (Å²) in [6.07, 6.45) is 0.524. The van der Waals surface area contributed by atoms with Gasteiger partial charge in [-0.25, -0.2) is 8.42 Å². The van der Waals surface area contributed by atoms with Crippen LogP contribution in [0, 0.1) is 0 Å². The quantitative estimate of drug-likeness (QED) is 0.644. The van der Waals surface area contributed by atoms with E-state index in [0.717, 1.165) is 0 Å². The van der Waals surface area contributed by atoms with Crippen LogP contribution < -0.4 is 0 Å². The Bertz CT molecular complexity index is 204. The molecule has 2 atom stereocenters. The van der Waals surface area contributed by atoms with Crippen LogP contribution in [-0.4, -0.2) is 42.3 Å². The molecular weight excluding hydrogens is 192 g/mol. The monoisotopic (exact) mass is 210 g/mol. The van der Waals surface area contributed by atoms with Crippen molar-refractivity contribution in [1.82, 2.24) is 0 Å². The van der Waals surface area contributed by atoms with E-state index in [9.17, 15) is 8.42 Å². The largest absolute Gasteiger partial charge is 0.396 e. The van der Waals surface area contributed by atoms with Gasteiger partial charge in [-0.2, -0.15) is 0 Å². The minimum Gasteiger partial charge on any atom is -0.396 e. The Morgan fingerprint density at radius 3 is 1.54 bits per heavy atom. The summed E-state index contributed by atoms with van der Waals surface area (Å²) in [5.41, 5.74) is 0. The zero-order valence-electron chi connectivity index (χ0n) is 8.10. The van der Waals surface area contributed by atoms with Gasteiger partial charge in [-0.1, -0.05) is 0 Å². The fourth-order valence-corrected chi connectivity index (χ4v) is 2.75. The van der Waals surface area contributed by atoms with Gasteiger partial charge >= 0.3 is 0 Å². The Balaban J connectivity index is 4.37. The van der Waals surface area contributed by atoms with Gasteiger partial charge in [0, 0.05) is 13.2 Å². The molecule has 0 aliphatic heterocycles. The van der Waals surface area contributed by atoms with Crippen LogP contribution in [0.1, 0.15) is 26.7 Å². The van der Waals surface area contributed by atoms with Gasteiger partial charge in [0.05, 0.1) is 10.5 Å². The molecule has 13 heavy (non-hydrogen) atoms. The van der Waals surface area contributed by atoms with E-state index in [4.69, 9.17) is 10.2 Å². The van der Waals surface area contributed by atoms with Crippen molar-refractivity contribution in [1.29, 1.82) is 0 Å². The Hall–Kier alpha value is -0.130. The van der Waals surface area contributed by atoms with Crippen LogP contribution in [0.5, 0.6) is 0 Å².